The monoisotopic (exact) mass is 342 g/mol. The fourth-order valence-electron chi connectivity index (χ4n) is 2.54. The van der Waals surface area contributed by atoms with Crippen molar-refractivity contribution < 1.29 is 23.1 Å². The molecule has 0 aromatic heterocycles. The van der Waals surface area contributed by atoms with Crippen LogP contribution in [0.2, 0.25) is 0 Å². The van der Waals surface area contributed by atoms with Crippen molar-refractivity contribution in [2.24, 2.45) is 0 Å². The van der Waals surface area contributed by atoms with E-state index >= 15 is 0 Å². The van der Waals surface area contributed by atoms with Crippen LogP contribution in [0.4, 0.5) is 0 Å². The molecule has 0 saturated carbocycles. The van der Waals surface area contributed by atoms with Gasteiger partial charge in [-0.15, -0.1) is 0 Å². The average molecular weight is 342 g/mol. The maximum Gasteiger partial charge on any atom is 0.255 e. The van der Waals surface area contributed by atoms with Crippen LogP contribution in [0.15, 0.2) is 24.3 Å². The van der Waals surface area contributed by atoms with Crippen molar-refractivity contribution in [3.05, 3.63) is 29.8 Å². The standard InChI is InChI=1S/C15H22N2O5S/c1-11-9-17(10-12(2)22-11)23(20,21)8-7-16-15(19)13-5-3-4-6-14(13)18/h3-6,11-12,18H,7-10H2,1-2H3,(H,16,19). The number of nitrogens with zero attached hydrogens (tertiary/aromatic N) is 1. The number of carbonyl (C=O) groups excluding carboxylic acids is 1. The highest BCUT2D eigenvalue weighted by molar-refractivity contribution is 7.89. The van der Waals surface area contributed by atoms with Crippen molar-refractivity contribution in [2.75, 3.05) is 25.4 Å². The summed E-state index contributed by atoms with van der Waals surface area (Å²) in [6.45, 7) is 4.28. The van der Waals surface area contributed by atoms with E-state index < -0.39 is 15.9 Å². The Morgan fingerprint density at radius 1 is 1.30 bits per heavy atom. The minimum Gasteiger partial charge on any atom is -0.507 e. The Balaban J connectivity index is 1.90. The first-order chi connectivity index (χ1) is 10.8. The van der Waals surface area contributed by atoms with E-state index in [-0.39, 0.29) is 35.8 Å². The van der Waals surface area contributed by atoms with E-state index in [0.717, 1.165) is 0 Å². The third-order valence-corrected chi connectivity index (χ3v) is 5.38. The molecule has 1 aromatic carbocycles. The molecule has 8 heteroatoms. The zero-order valence-corrected chi connectivity index (χ0v) is 14.0. The molecular formula is C15H22N2O5S. The van der Waals surface area contributed by atoms with Gasteiger partial charge in [0.2, 0.25) is 10.0 Å². The smallest absolute Gasteiger partial charge is 0.255 e. The van der Waals surface area contributed by atoms with Crippen LogP contribution in [0.3, 0.4) is 0 Å². The van der Waals surface area contributed by atoms with Gasteiger partial charge in [0.05, 0.1) is 23.5 Å². The highest BCUT2D eigenvalue weighted by Gasteiger charge is 2.30. The number of morpholine rings is 1. The van der Waals surface area contributed by atoms with Crippen LogP contribution >= 0.6 is 0 Å². The maximum absolute atomic E-state index is 12.3. The Hall–Kier alpha value is -1.64. The molecule has 2 rings (SSSR count). The van der Waals surface area contributed by atoms with Crippen LogP contribution in [0, 0.1) is 0 Å². The van der Waals surface area contributed by atoms with Gasteiger partial charge < -0.3 is 15.2 Å². The molecule has 0 radical (unpaired) electrons. The quantitative estimate of drug-likeness (QED) is 0.815. The van der Waals surface area contributed by atoms with Gasteiger partial charge >= 0.3 is 0 Å². The summed E-state index contributed by atoms with van der Waals surface area (Å²) >= 11 is 0. The predicted octanol–water partition coefficient (Wildman–Crippen LogP) is 0.561. The number of amides is 1. The van der Waals surface area contributed by atoms with Gasteiger partial charge in [0, 0.05) is 19.6 Å². The van der Waals surface area contributed by atoms with Crippen LogP contribution in [0.1, 0.15) is 24.2 Å². The molecule has 0 aliphatic carbocycles. The van der Waals surface area contributed by atoms with Crippen molar-refractivity contribution in [3.63, 3.8) is 0 Å². The lowest BCUT2D eigenvalue weighted by Crippen LogP contribution is -2.49. The van der Waals surface area contributed by atoms with Gasteiger partial charge in [-0.25, -0.2) is 8.42 Å². The second-order valence-corrected chi connectivity index (χ2v) is 7.75. The molecule has 1 aliphatic heterocycles. The summed E-state index contributed by atoms with van der Waals surface area (Å²) in [4.78, 5) is 11.9. The molecule has 7 nitrogen and oxygen atoms in total. The second kappa shape index (κ2) is 7.29. The highest BCUT2D eigenvalue weighted by Crippen LogP contribution is 2.16. The van der Waals surface area contributed by atoms with E-state index in [1.165, 1.54) is 16.4 Å². The molecule has 1 amide bonds. The van der Waals surface area contributed by atoms with Crippen molar-refractivity contribution in [1.82, 2.24) is 9.62 Å². The number of aromatic hydroxyl groups is 1. The number of ether oxygens (including phenoxy) is 1. The SMILES string of the molecule is CC1CN(S(=O)(=O)CCNC(=O)c2ccccc2O)CC(C)O1. The molecule has 1 heterocycles. The number of hydrogen-bond acceptors (Lipinski definition) is 5. The normalized spacial score (nSPS) is 22.7. The molecule has 1 aliphatic rings. The van der Waals surface area contributed by atoms with Crippen LogP contribution in [0.5, 0.6) is 5.75 Å². The lowest BCUT2D eigenvalue weighted by Gasteiger charge is -2.34. The summed E-state index contributed by atoms with van der Waals surface area (Å²) in [6.07, 6.45) is -0.297. The number of hydrogen-bond donors (Lipinski definition) is 2. The molecule has 1 saturated heterocycles. The number of carbonyl (C=O) groups is 1. The largest absolute Gasteiger partial charge is 0.507 e. The molecule has 2 N–H and O–H groups in total. The predicted molar refractivity (Wildman–Crippen MR) is 85.8 cm³/mol. The van der Waals surface area contributed by atoms with E-state index in [1.807, 2.05) is 13.8 Å². The molecule has 128 valence electrons. The molecule has 0 spiro atoms. The summed E-state index contributed by atoms with van der Waals surface area (Å²) in [7, 11) is -3.46. The van der Waals surface area contributed by atoms with Crippen molar-refractivity contribution in [3.8, 4) is 5.75 Å². The van der Waals surface area contributed by atoms with E-state index in [9.17, 15) is 18.3 Å². The number of nitrogens with one attached hydrogen (secondary N) is 1. The summed E-state index contributed by atoms with van der Waals surface area (Å²) in [5.41, 5.74) is 0.124. The van der Waals surface area contributed by atoms with Crippen LogP contribution in [0.25, 0.3) is 0 Å². The Kier molecular flexibility index (Phi) is 5.61. The minimum atomic E-state index is -3.46. The number of phenolic OH excluding ortho intramolecular Hbond substituents is 1. The molecule has 23 heavy (non-hydrogen) atoms. The highest BCUT2D eigenvalue weighted by atomic mass is 32.2. The molecule has 2 atom stereocenters. The van der Waals surface area contributed by atoms with E-state index in [2.05, 4.69) is 5.32 Å². The number of rotatable bonds is 5. The van der Waals surface area contributed by atoms with Crippen molar-refractivity contribution in [1.29, 1.82) is 0 Å². The fourth-order valence-corrected chi connectivity index (χ4v) is 4.03. The summed E-state index contributed by atoms with van der Waals surface area (Å²) in [6, 6.07) is 6.12. The molecule has 2 unspecified atom stereocenters. The lowest BCUT2D eigenvalue weighted by atomic mass is 10.2. The minimum absolute atomic E-state index is 0.0182. The van der Waals surface area contributed by atoms with Gasteiger partial charge in [-0.2, -0.15) is 4.31 Å². The van der Waals surface area contributed by atoms with Gasteiger partial charge in [-0.1, -0.05) is 12.1 Å². The fraction of sp³-hybridized carbons (Fsp3) is 0.533. The van der Waals surface area contributed by atoms with Crippen LogP contribution in [-0.4, -0.2) is 61.3 Å². The summed E-state index contributed by atoms with van der Waals surface area (Å²) < 4.78 is 31.6. The molecule has 1 aromatic rings. The molecule has 1 fully saturated rings. The number of benzene rings is 1. The Labute approximate surface area is 136 Å². The summed E-state index contributed by atoms with van der Waals surface area (Å²) in [5, 5.41) is 12.1. The summed E-state index contributed by atoms with van der Waals surface area (Å²) in [5.74, 6) is -0.822. The first-order valence-electron chi connectivity index (χ1n) is 7.49. The first kappa shape index (κ1) is 17.7. The maximum atomic E-state index is 12.3. The molecule has 0 bridgehead atoms. The number of para-hydroxylation sites is 1. The van der Waals surface area contributed by atoms with Gasteiger partial charge in [-0.3, -0.25) is 4.79 Å². The zero-order valence-electron chi connectivity index (χ0n) is 13.2. The van der Waals surface area contributed by atoms with E-state index in [0.29, 0.717) is 13.1 Å². The average Bonchev–Trinajstić information content (AvgIpc) is 2.46. The Bertz CT molecular complexity index is 652. The Morgan fingerprint density at radius 2 is 1.91 bits per heavy atom. The van der Waals surface area contributed by atoms with Crippen molar-refractivity contribution in [2.45, 2.75) is 26.1 Å². The Morgan fingerprint density at radius 3 is 2.52 bits per heavy atom. The first-order valence-corrected chi connectivity index (χ1v) is 9.10. The molecular weight excluding hydrogens is 320 g/mol. The third-order valence-electron chi connectivity index (χ3n) is 3.57. The topological polar surface area (TPSA) is 95.9 Å². The third kappa shape index (κ3) is 4.66. The number of sulfonamides is 1. The van der Waals surface area contributed by atoms with Gasteiger partial charge in [0.25, 0.3) is 5.91 Å². The second-order valence-electron chi connectivity index (χ2n) is 5.66. The lowest BCUT2D eigenvalue weighted by molar-refractivity contribution is -0.0440. The van der Waals surface area contributed by atoms with Crippen LogP contribution in [-0.2, 0) is 14.8 Å². The van der Waals surface area contributed by atoms with Gasteiger partial charge in [0.15, 0.2) is 0 Å². The van der Waals surface area contributed by atoms with Crippen LogP contribution < -0.4 is 5.32 Å². The number of phenols is 1. The van der Waals surface area contributed by atoms with Gasteiger partial charge in [0.1, 0.15) is 5.75 Å². The van der Waals surface area contributed by atoms with Gasteiger partial charge in [-0.05, 0) is 26.0 Å². The van der Waals surface area contributed by atoms with E-state index in [1.54, 1.807) is 12.1 Å². The zero-order chi connectivity index (χ0) is 17.0. The van der Waals surface area contributed by atoms with E-state index in [4.69, 9.17) is 4.74 Å². The van der Waals surface area contributed by atoms with Crippen molar-refractivity contribution >= 4 is 15.9 Å².